The Labute approximate surface area is 198 Å². The van der Waals surface area contributed by atoms with E-state index in [4.69, 9.17) is 14.5 Å². The minimum absolute atomic E-state index is 0.250. The van der Waals surface area contributed by atoms with Crippen LogP contribution in [0, 0.1) is 13.8 Å². The molecule has 0 unspecified atom stereocenters. The van der Waals surface area contributed by atoms with Gasteiger partial charge in [-0.2, -0.15) is 0 Å². The Morgan fingerprint density at radius 1 is 1.28 bits per heavy atom. The summed E-state index contributed by atoms with van der Waals surface area (Å²) in [5.41, 5.74) is 4.90. The van der Waals surface area contributed by atoms with E-state index < -0.39 is 11.9 Å². The van der Waals surface area contributed by atoms with Crippen molar-refractivity contribution in [2.75, 3.05) is 13.7 Å². The van der Waals surface area contributed by atoms with Crippen molar-refractivity contribution in [3.63, 3.8) is 0 Å². The van der Waals surface area contributed by atoms with Crippen LogP contribution in [0.3, 0.4) is 0 Å². The van der Waals surface area contributed by atoms with Crippen LogP contribution in [0.2, 0.25) is 0 Å². The van der Waals surface area contributed by atoms with Crippen molar-refractivity contribution in [2.24, 2.45) is 4.99 Å². The average molecular weight is 516 g/mol. The molecule has 1 aliphatic heterocycles. The van der Waals surface area contributed by atoms with Crippen molar-refractivity contribution in [3.8, 4) is 5.75 Å². The zero-order chi connectivity index (χ0) is 23.2. The normalized spacial score (nSPS) is 14.1. The molecule has 0 amide bonds. The number of hydrogen-bond donors (Lipinski definition) is 0. The van der Waals surface area contributed by atoms with E-state index in [2.05, 4.69) is 20.9 Å². The van der Waals surface area contributed by atoms with E-state index in [9.17, 15) is 9.59 Å². The summed E-state index contributed by atoms with van der Waals surface area (Å²) in [7, 11) is 1.73. The van der Waals surface area contributed by atoms with Crippen LogP contribution in [0.1, 0.15) is 46.7 Å². The fourth-order valence-electron chi connectivity index (χ4n) is 4.02. The molecular weight excluding hydrogens is 494 g/mol. The Balaban J connectivity index is 2.09. The summed E-state index contributed by atoms with van der Waals surface area (Å²) in [6.45, 7) is 7.37. The van der Waals surface area contributed by atoms with Gasteiger partial charge in [-0.15, -0.1) is 0 Å². The third kappa shape index (κ3) is 3.73. The Bertz CT molecular complexity index is 1310. The van der Waals surface area contributed by atoms with Gasteiger partial charge in [-0.1, -0.05) is 11.8 Å². The number of esters is 2. The number of nitrogens with zero attached hydrogens (tertiary/aromatic N) is 3. The van der Waals surface area contributed by atoms with Gasteiger partial charge < -0.3 is 9.47 Å². The van der Waals surface area contributed by atoms with Crippen LogP contribution in [0.15, 0.2) is 32.7 Å². The number of carbonyl (C=O) groups excluding carboxylic acids is 2. The fraction of sp³-hybridized carbons (Fsp3) is 0.304. The van der Waals surface area contributed by atoms with E-state index in [1.807, 2.05) is 30.5 Å². The van der Waals surface area contributed by atoms with Gasteiger partial charge in [-0.25, -0.2) is 9.78 Å². The van der Waals surface area contributed by atoms with E-state index >= 15 is 0 Å². The molecule has 3 heterocycles. The van der Waals surface area contributed by atoms with Crippen molar-refractivity contribution in [1.82, 2.24) is 9.55 Å². The van der Waals surface area contributed by atoms with E-state index in [-0.39, 0.29) is 6.61 Å². The van der Waals surface area contributed by atoms with Crippen molar-refractivity contribution < 1.29 is 19.1 Å². The lowest BCUT2D eigenvalue weighted by Gasteiger charge is -2.14. The number of halogens is 1. The maximum Gasteiger partial charge on any atom is 0.340 e. The minimum Gasteiger partial charge on any atom is -0.462 e. The number of thioether (sulfide) groups is 1. The molecule has 0 bridgehead atoms. The Morgan fingerprint density at radius 3 is 2.69 bits per heavy atom. The van der Waals surface area contributed by atoms with Crippen LogP contribution in [0.5, 0.6) is 5.75 Å². The van der Waals surface area contributed by atoms with Crippen LogP contribution in [0.4, 0.5) is 0 Å². The SMILES string of the molecule is CCOC(=O)c1c2n(c3cc(Br)c(OC(C)=O)cc13)C(=NC)c1c(C)cc(C)nc1SC2. The largest absolute Gasteiger partial charge is 0.462 e. The van der Waals surface area contributed by atoms with Crippen molar-refractivity contribution in [3.05, 3.63) is 50.8 Å². The molecule has 0 N–H and O–H groups in total. The predicted molar refractivity (Wildman–Crippen MR) is 128 cm³/mol. The van der Waals surface area contributed by atoms with Gasteiger partial charge in [0.15, 0.2) is 0 Å². The van der Waals surface area contributed by atoms with Crippen molar-refractivity contribution in [2.45, 2.75) is 38.5 Å². The third-order valence-electron chi connectivity index (χ3n) is 5.16. The Kier molecular flexibility index (Phi) is 6.13. The van der Waals surface area contributed by atoms with Gasteiger partial charge >= 0.3 is 11.9 Å². The first-order valence-electron chi connectivity index (χ1n) is 10.1. The molecule has 9 heteroatoms. The number of rotatable bonds is 3. The van der Waals surface area contributed by atoms with Gasteiger partial charge in [0.05, 0.1) is 33.4 Å². The number of benzene rings is 1. The maximum absolute atomic E-state index is 13.1. The lowest BCUT2D eigenvalue weighted by molar-refractivity contribution is -0.131. The van der Waals surface area contributed by atoms with Crippen molar-refractivity contribution >= 4 is 56.4 Å². The Hall–Kier alpha value is -2.65. The lowest BCUT2D eigenvalue weighted by Crippen LogP contribution is -2.18. The highest BCUT2D eigenvalue weighted by atomic mass is 79.9. The fourth-order valence-corrected chi connectivity index (χ4v) is 5.59. The molecule has 4 rings (SSSR count). The number of carbonyl (C=O) groups is 2. The molecular formula is C23H22BrN3O4S. The highest BCUT2D eigenvalue weighted by molar-refractivity contribution is 9.10. The zero-order valence-corrected chi connectivity index (χ0v) is 20.8. The van der Waals surface area contributed by atoms with E-state index in [0.717, 1.165) is 33.1 Å². The summed E-state index contributed by atoms with van der Waals surface area (Å²) in [4.78, 5) is 34.0. The summed E-state index contributed by atoms with van der Waals surface area (Å²) in [5, 5.41) is 1.52. The molecule has 32 heavy (non-hydrogen) atoms. The summed E-state index contributed by atoms with van der Waals surface area (Å²) >= 11 is 5.07. The van der Waals surface area contributed by atoms with Gasteiger partial charge in [0, 0.05) is 30.8 Å². The van der Waals surface area contributed by atoms with Gasteiger partial charge in [0.2, 0.25) is 0 Å². The number of aryl methyl sites for hydroxylation is 2. The molecule has 1 aliphatic rings. The predicted octanol–water partition coefficient (Wildman–Crippen LogP) is 5.05. The second-order valence-corrected chi connectivity index (χ2v) is 9.19. The maximum atomic E-state index is 13.1. The number of fused-ring (bicyclic) bond motifs is 4. The van der Waals surface area contributed by atoms with E-state index in [1.165, 1.54) is 6.92 Å². The molecule has 0 fully saturated rings. The monoisotopic (exact) mass is 515 g/mol. The molecule has 0 aliphatic carbocycles. The van der Waals surface area contributed by atoms with Gasteiger partial charge in [0.1, 0.15) is 16.6 Å². The van der Waals surface area contributed by atoms with Crippen LogP contribution in [0.25, 0.3) is 10.9 Å². The first-order chi connectivity index (χ1) is 15.3. The number of pyridine rings is 1. The summed E-state index contributed by atoms with van der Waals surface area (Å²) in [5.74, 6) is 0.683. The average Bonchev–Trinajstić information content (AvgIpc) is 2.91. The molecule has 0 radical (unpaired) electrons. The number of aromatic nitrogens is 2. The summed E-state index contributed by atoms with van der Waals surface area (Å²) in [6.07, 6.45) is 0. The van der Waals surface area contributed by atoms with E-state index in [0.29, 0.717) is 32.8 Å². The molecule has 3 aromatic rings. The van der Waals surface area contributed by atoms with E-state index in [1.54, 1.807) is 31.8 Å². The second-order valence-electron chi connectivity index (χ2n) is 7.37. The van der Waals surface area contributed by atoms with Gasteiger partial charge in [0.25, 0.3) is 0 Å². The first kappa shape index (κ1) is 22.5. The standard InChI is InChI=1S/C23H22BrN3O4S/c1-6-30-23(29)20-14-8-18(31-13(4)28)15(24)9-16(14)27-17(20)10-32-22-19(21(27)25-5)11(2)7-12(3)26-22/h7-9H,6,10H2,1-5H3. The number of hydrogen-bond acceptors (Lipinski definition) is 7. The molecule has 0 saturated heterocycles. The van der Waals surface area contributed by atoms with Crippen LogP contribution >= 0.6 is 27.7 Å². The first-order valence-corrected chi connectivity index (χ1v) is 11.9. The molecule has 166 valence electrons. The van der Waals surface area contributed by atoms with Crippen LogP contribution < -0.4 is 4.74 Å². The number of aliphatic imine (C=N–C) groups is 1. The van der Waals surface area contributed by atoms with Crippen molar-refractivity contribution in [1.29, 1.82) is 0 Å². The smallest absolute Gasteiger partial charge is 0.340 e. The number of ether oxygens (including phenoxy) is 2. The molecule has 2 aromatic heterocycles. The highest BCUT2D eigenvalue weighted by Crippen LogP contribution is 2.41. The molecule has 1 aromatic carbocycles. The van der Waals surface area contributed by atoms with Crippen LogP contribution in [-0.2, 0) is 15.3 Å². The summed E-state index contributed by atoms with van der Waals surface area (Å²) < 4.78 is 13.4. The Morgan fingerprint density at radius 2 is 2.03 bits per heavy atom. The minimum atomic E-state index is -0.444. The highest BCUT2D eigenvalue weighted by Gasteiger charge is 2.31. The molecule has 0 spiro atoms. The third-order valence-corrected chi connectivity index (χ3v) is 6.76. The topological polar surface area (TPSA) is 82.8 Å². The second kappa shape index (κ2) is 8.71. The van der Waals surface area contributed by atoms with Crippen LogP contribution in [-0.4, -0.2) is 41.0 Å². The molecule has 0 saturated carbocycles. The quantitative estimate of drug-likeness (QED) is 0.358. The molecule has 0 atom stereocenters. The van der Waals surface area contributed by atoms with Gasteiger partial charge in [-0.05, 0) is 60.5 Å². The lowest BCUT2D eigenvalue weighted by atomic mass is 10.1. The molecule has 7 nitrogen and oxygen atoms in total. The summed E-state index contributed by atoms with van der Waals surface area (Å²) in [6, 6.07) is 5.58. The zero-order valence-electron chi connectivity index (χ0n) is 18.4. The van der Waals surface area contributed by atoms with Gasteiger partial charge in [-0.3, -0.25) is 14.4 Å².